The largest absolute Gasteiger partial charge is 0.508 e. The lowest BCUT2D eigenvalue weighted by molar-refractivity contribution is -0.130. The molecule has 158 valence electrons. The highest BCUT2D eigenvalue weighted by molar-refractivity contribution is 5.80. The van der Waals surface area contributed by atoms with Crippen molar-refractivity contribution in [3.05, 3.63) is 41.6 Å². The molecule has 1 aliphatic carbocycles. The number of hydrogen-bond acceptors (Lipinski definition) is 4. The van der Waals surface area contributed by atoms with Gasteiger partial charge in [-0.1, -0.05) is 18.2 Å². The van der Waals surface area contributed by atoms with Crippen LogP contribution in [-0.4, -0.2) is 39.5 Å². The predicted octanol–water partition coefficient (Wildman–Crippen LogP) is 3.41. The molecule has 2 aliphatic rings. The van der Waals surface area contributed by atoms with Crippen LogP contribution in [0.3, 0.4) is 0 Å². The van der Waals surface area contributed by atoms with Crippen molar-refractivity contribution in [2.45, 2.75) is 70.4 Å². The van der Waals surface area contributed by atoms with E-state index < -0.39 is 12.1 Å². The van der Waals surface area contributed by atoms with Gasteiger partial charge >= 0.3 is 0 Å². The third kappa shape index (κ3) is 5.60. The lowest BCUT2D eigenvalue weighted by Crippen LogP contribution is -2.39. The van der Waals surface area contributed by atoms with Gasteiger partial charge in [0.25, 0.3) is 0 Å². The minimum absolute atomic E-state index is 0.118. The number of nitrogens with one attached hydrogen (secondary N) is 1. The maximum absolute atomic E-state index is 12.7. The smallest absolute Gasteiger partial charge is 0.226 e. The molecule has 3 rings (SSSR count). The number of hydrogen-bond donors (Lipinski definition) is 3. The van der Waals surface area contributed by atoms with Crippen molar-refractivity contribution in [1.82, 2.24) is 10.2 Å². The lowest BCUT2D eigenvalue weighted by Gasteiger charge is -2.38. The molecule has 0 saturated carbocycles. The predicted molar refractivity (Wildman–Crippen MR) is 111 cm³/mol. The van der Waals surface area contributed by atoms with Gasteiger partial charge < -0.3 is 20.4 Å². The maximum atomic E-state index is 12.7. The van der Waals surface area contributed by atoms with Gasteiger partial charge in [0.2, 0.25) is 11.8 Å². The van der Waals surface area contributed by atoms with E-state index in [1.54, 1.807) is 19.1 Å². The minimum atomic E-state index is -0.857. The zero-order chi connectivity index (χ0) is 20.8. The Morgan fingerprint density at radius 3 is 2.66 bits per heavy atom. The molecule has 0 radical (unpaired) electrons. The van der Waals surface area contributed by atoms with E-state index in [4.69, 9.17) is 0 Å². The summed E-state index contributed by atoms with van der Waals surface area (Å²) in [4.78, 5) is 26.8. The molecule has 2 amide bonds. The van der Waals surface area contributed by atoms with Gasteiger partial charge in [0.05, 0.1) is 12.1 Å². The minimum Gasteiger partial charge on any atom is -0.508 e. The van der Waals surface area contributed by atoms with Crippen LogP contribution < -0.4 is 5.32 Å². The third-order valence-electron chi connectivity index (χ3n) is 5.97. The number of phenols is 1. The summed E-state index contributed by atoms with van der Waals surface area (Å²) in [6.07, 6.45) is 8.18. The van der Waals surface area contributed by atoms with Gasteiger partial charge in [-0.05, 0) is 69.1 Å². The van der Waals surface area contributed by atoms with Crippen molar-refractivity contribution in [2.75, 3.05) is 6.54 Å². The number of carbonyl (C=O) groups is 2. The standard InChI is InChI=1S/C23H32N2O4/c1-16(23(29)18-11-13-19(26)14-12-18)24-21(27)9-4-10-22(28)25-15-5-7-17-6-2-3-8-20(17)25/h8,11-14,16-17,23,26,29H,2-7,9-10,15H2,1H3,(H,24,27). The van der Waals surface area contributed by atoms with Crippen molar-refractivity contribution >= 4 is 11.8 Å². The van der Waals surface area contributed by atoms with Gasteiger partial charge in [0.15, 0.2) is 0 Å². The molecule has 3 unspecified atom stereocenters. The van der Waals surface area contributed by atoms with E-state index in [-0.39, 0.29) is 24.0 Å². The van der Waals surface area contributed by atoms with E-state index in [9.17, 15) is 19.8 Å². The number of nitrogens with zero attached hydrogens (tertiary/aromatic N) is 1. The number of piperidine rings is 1. The van der Waals surface area contributed by atoms with Gasteiger partial charge in [-0.3, -0.25) is 9.59 Å². The van der Waals surface area contributed by atoms with Crippen LogP contribution in [0.2, 0.25) is 0 Å². The molecule has 29 heavy (non-hydrogen) atoms. The Balaban J connectivity index is 1.42. The Morgan fingerprint density at radius 1 is 1.17 bits per heavy atom. The van der Waals surface area contributed by atoms with E-state index >= 15 is 0 Å². The first-order chi connectivity index (χ1) is 14.0. The average molecular weight is 401 g/mol. The van der Waals surface area contributed by atoms with Crippen LogP contribution in [-0.2, 0) is 9.59 Å². The number of carbonyl (C=O) groups excluding carboxylic acids is 2. The highest BCUT2D eigenvalue weighted by Crippen LogP contribution is 2.35. The fraction of sp³-hybridized carbons (Fsp3) is 0.565. The molecule has 1 aromatic rings. The molecule has 1 aliphatic heterocycles. The van der Waals surface area contributed by atoms with Gasteiger partial charge in [0, 0.05) is 25.1 Å². The van der Waals surface area contributed by atoms with Gasteiger partial charge in [0.1, 0.15) is 5.75 Å². The van der Waals surface area contributed by atoms with Crippen LogP contribution in [0.15, 0.2) is 36.0 Å². The molecule has 0 spiro atoms. The lowest BCUT2D eigenvalue weighted by atomic mass is 9.85. The van der Waals surface area contributed by atoms with Crippen LogP contribution >= 0.6 is 0 Å². The first-order valence-corrected chi connectivity index (χ1v) is 10.7. The van der Waals surface area contributed by atoms with E-state index in [1.165, 1.54) is 37.1 Å². The Morgan fingerprint density at radius 2 is 1.90 bits per heavy atom. The Kier molecular flexibility index (Phi) is 7.31. The number of amides is 2. The van der Waals surface area contributed by atoms with Crippen molar-refractivity contribution in [1.29, 1.82) is 0 Å². The molecule has 3 atom stereocenters. The topological polar surface area (TPSA) is 89.9 Å². The summed E-state index contributed by atoms with van der Waals surface area (Å²) in [6.45, 7) is 2.53. The molecule has 6 nitrogen and oxygen atoms in total. The number of rotatable bonds is 7. The van der Waals surface area contributed by atoms with Crippen LogP contribution in [0.1, 0.15) is 70.0 Å². The van der Waals surface area contributed by atoms with Gasteiger partial charge in [-0.15, -0.1) is 0 Å². The molecular formula is C23H32N2O4. The van der Waals surface area contributed by atoms with Crippen LogP contribution in [0.25, 0.3) is 0 Å². The summed E-state index contributed by atoms with van der Waals surface area (Å²) in [5.41, 5.74) is 1.84. The highest BCUT2D eigenvalue weighted by atomic mass is 16.3. The summed E-state index contributed by atoms with van der Waals surface area (Å²) in [5, 5.41) is 22.5. The second-order valence-electron chi connectivity index (χ2n) is 8.19. The number of allylic oxidation sites excluding steroid dienone is 2. The quantitative estimate of drug-likeness (QED) is 0.654. The summed E-state index contributed by atoms with van der Waals surface area (Å²) in [5.74, 6) is 0.614. The van der Waals surface area contributed by atoms with Gasteiger partial charge in [-0.2, -0.15) is 0 Å². The number of aliphatic hydroxyl groups is 1. The van der Waals surface area contributed by atoms with E-state index in [1.807, 2.05) is 4.90 Å². The highest BCUT2D eigenvalue weighted by Gasteiger charge is 2.30. The van der Waals surface area contributed by atoms with E-state index in [0.29, 0.717) is 24.3 Å². The monoisotopic (exact) mass is 400 g/mol. The fourth-order valence-electron chi connectivity index (χ4n) is 4.35. The molecule has 1 saturated heterocycles. The summed E-state index contributed by atoms with van der Waals surface area (Å²) in [6, 6.07) is 5.82. The number of fused-ring (bicyclic) bond motifs is 1. The normalized spacial score (nSPS) is 21.0. The van der Waals surface area contributed by atoms with Crippen molar-refractivity contribution in [3.63, 3.8) is 0 Å². The second kappa shape index (κ2) is 9.92. The SMILES string of the molecule is CC(NC(=O)CCCC(=O)N1CCCC2CCCC=C21)C(O)c1ccc(O)cc1. The first-order valence-electron chi connectivity index (χ1n) is 10.7. The summed E-state index contributed by atoms with van der Waals surface area (Å²) < 4.78 is 0. The molecular weight excluding hydrogens is 368 g/mol. The second-order valence-corrected chi connectivity index (χ2v) is 8.19. The fourth-order valence-corrected chi connectivity index (χ4v) is 4.35. The average Bonchev–Trinajstić information content (AvgIpc) is 2.73. The molecule has 6 heteroatoms. The molecule has 1 aromatic carbocycles. The van der Waals surface area contributed by atoms with Crippen molar-refractivity contribution < 1.29 is 19.8 Å². The van der Waals surface area contributed by atoms with Gasteiger partial charge in [-0.25, -0.2) is 0 Å². The third-order valence-corrected chi connectivity index (χ3v) is 5.97. The molecule has 1 heterocycles. The Labute approximate surface area is 172 Å². The number of aromatic hydroxyl groups is 1. The van der Waals surface area contributed by atoms with Crippen LogP contribution in [0.5, 0.6) is 5.75 Å². The van der Waals surface area contributed by atoms with Crippen LogP contribution in [0, 0.1) is 5.92 Å². The van der Waals surface area contributed by atoms with E-state index in [2.05, 4.69) is 11.4 Å². The summed E-state index contributed by atoms with van der Waals surface area (Å²) in [7, 11) is 0. The molecule has 0 bridgehead atoms. The summed E-state index contributed by atoms with van der Waals surface area (Å²) >= 11 is 0. The van der Waals surface area contributed by atoms with E-state index in [0.717, 1.165) is 19.4 Å². The number of aliphatic hydroxyl groups excluding tert-OH is 1. The van der Waals surface area contributed by atoms with Crippen LogP contribution in [0.4, 0.5) is 0 Å². The number of benzene rings is 1. The molecule has 3 N–H and O–H groups in total. The zero-order valence-corrected chi connectivity index (χ0v) is 17.1. The molecule has 1 fully saturated rings. The number of likely N-dealkylation sites (tertiary alicyclic amines) is 1. The van der Waals surface area contributed by atoms with Crippen molar-refractivity contribution in [2.24, 2.45) is 5.92 Å². The maximum Gasteiger partial charge on any atom is 0.226 e. The zero-order valence-electron chi connectivity index (χ0n) is 17.1. The first kappa shape index (κ1) is 21.4. The Bertz CT molecular complexity index is 744. The Hall–Kier alpha value is -2.34. The molecule has 0 aromatic heterocycles. The van der Waals surface area contributed by atoms with Crippen molar-refractivity contribution in [3.8, 4) is 5.75 Å². The number of phenolic OH excluding ortho intramolecular Hbond substituents is 1.